The Labute approximate surface area is 77.6 Å². The molecule has 0 unspecified atom stereocenters. The molecule has 0 aliphatic carbocycles. The minimum atomic E-state index is -1.11. The Bertz CT molecular complexity index is 233. The van der Waals surface area contributed by atoms with Crippen molar-refractivity contribution in [2.24, 2.45) is 0 Å². The lowest BCUT2D eigenvalue weighted by Crippen LogP contribution is -2.25. The molecule has 1 aromatic rings. The average molecular weight is 182 g/mol. The second-order valence-electron chi connectivity index (χ2n) is 2.93. The molecule has 0 saturated heterocycles. The van der Waals surface area contributed by atoms with Gasteiger partial charge in [-0.25, -0.2) is 0 Å². The van der Waals surface area contributed by atoms with E-state index in [-0.39, 0.29) is 0 Å². The predicted octanol–water partition coefficient (Wildman–Crippen LogP) is 0.902. The van der Waals surface area contributed by atoms with Gasteiger partial charge in [0, 0.05) is 0 Å². The van der Waals surface area contributed by atoms with E-state index in [1.807, 2.05) is 30.3 Å². The maximum absolute atomic E-state index is 9.12. The Morgan fingerprint density at radius 3 is 2.38 bits per heavy atom. The molecular weight excluding hydrogens is 168 g/mol. The van der Waals surface area contributed by atoms with Crippen LogP contribution in [-0.2, 0) is 11.3 Å². The second kappa shape index (κ2) is 4.97. The van der Waals surface area contributed by atoms with Gasteiger partial charge in [0.05, 0.1) is 6.61 Å². The molecule has 0 radical (unpaired) electrons. The molecule has 0 heterocycles. The number of aliphatic hydroxyl groups is 2. The van der Waals surface area contributed by atoms with Gasteiger partial charge >= 0.3 is 0 Å². The number of hydrogen-bond acceptors (Lipinski definition) is 3. The van der Waals surface area contributed by atoms with Crippen LogP contribution < -0.4 is 0 Å². The van der Waals surface area contributed by atoms with Crippen molar-refractivity contribution in [1.82, 2.24) is 0 Å². The quantitative estimate of drug-likeness (QED) is 0.680. The molecule has 13 heavy (non-hydrogen) atoms. The summed E-state index contributed by atoms with van der Waals surface area (Å²) >= 11 is 0. The molecule has 1 aromatic carbocycles. The van der Waals surface area contributed by atoms with Crippen molar-refractivity contribution in [3.8, 4) is 0 Å². The highest BCUT2D eigenvalue weighted by Gasteiger charge is 2.10. The molecule has 0 bridgehead atoms. The summed E-state index contributed by atoms with van der Waals surface area (Å²) in [6.45, 7) is 1.79. The molecule has 0 saturated carbocycles. The monoisotopic (exact) mass is 182 g/mol. The first kappa shape index (κ1) is 10.2. The third-order valence-corrected chi connectivity index (χ3v) is 1.68. The molecule has 0 spiro atoms. The smallest absolute Gasteiger partial charge is 0.180 e. The fraction of sp³-hybridized carbons (Fsp3) is 0.400. The summed E-state index contributed by atoms with van der Waals surface area (Å²) in [7, 11) is 0. The van der Waals surface area contributed by atoms with Crippen molar-refractivity contribution < 1.29 is 14.9 Å². The Balaban J connectivity index is 2.35. The zero-order valence-electron chi connectivity index (χ0n) is 7.55. The third kappa shape index (κ3) is 3.55. The summed E-state index contributed by atoms with van der Waals surface area (Å²) < 4.78 is 5.00. The molecule has 0 aliphatic rings. The van der Waals surface area contributed by atoms with E-state index in [1.165, 1.54) is 6.92 Å². The average Bonchev–Trinajstić information content (AvgIpc) is 2.15. The van der Waals surface area contributed by atoms with E-state index in [1.54, 1.807) is 0 Å². The van der Waals surface area contributed by atoms with Crippen molar-refractivity contribution in [2.45, 2.75) is 25.9 Å². The Hall–Kier alpha value is -0.900. The highest BCUT2D eigenvalue weighted by Crippen LogP contribution is 2.03. The van der Waals surface area contributed by atoms with E-state index in [4.69, 9.17) is 14.9 Å². The van der Waals surface area contributed by atoms with Crippen LogP contribution in [0.4, 0.5) is 0 Å². The molecule has 0 amide bonds. The van der Waals surface area contributed by atoms with Crippen LogP contribution in [0.1, 0.15) is 12.5 Å². The number of benzene rings is 1. The molecule has 2 N–H and O–H groups in total. The van der Waals surface area contributed by atoms with E-state index < -0.39 is 12.4 Å². The van der Waals surface area contributed by atoms with Crippen LogP contribution in [0, 0.1) is 0 Å². The van der Waals surface area contributed by atoms with Gasteiger partial charge in [0.2, 0.25) is 0 Å². The maximum atomic E-state index is 9.12. The molecule has 3 nitrogen and oxygen atoms in total. The maximum Gasteiger partial charge on any atom is 0.180 e. The summed E-state index contributed by atoms with van der Waals surface area (Å²) in [5.41, 5.74) is 0.974. The van der Waals surface area contributed by atoms with Crippen molar-refractivity contribution in [3.63, 3.8) is 0 Å². The van der Waals surface area contributed by atoms with Crippen LogP contribution >= 0.6 is 0 Å². The lowest BCUT2D eigenvalue weighted by molar-refractivity contribution is -0.162. The van der Waals surface area contributed by atoms with Crippen LogP contribution in [0.5, 0.6) is 0 Å². The number of ether oxygens (including phenoxy) is 1. The van der Waals surface area contributed by atoms with E-state index in [2.05, 4.69) is 0 Å². The first-order chi connectivity index (χ1) is 6.20. The summed E-state index contributed by atoms with van der Waals surface area (Å²) in [5.74, 6) is 0. The van der Waals surface area contributed by atoms with Crippen LogP contribution in [0.25, 0.3) is 0 Å². The minimum absolute atomic E-state index is 0.312. The number of rotatable bonds is 4. The predicted molar refractivity (Wildman–Crippen MR) is 48.9 cm³/mol. The van der Waals surface area contributed by atoms with Gasteiger partial charge in [0.25, 0.3) is 0 Å². The molecule has 0 aliphatic heterocycles. The summed E-state index contributed by atoms with van der Waals surface area (Å²) in [5, 5.41) is 18.0. The van der Waals surface area contributed by atoms with Gasteiger partial charge in [0.1, 0.15) is 6.10 Å². The topological polar surface area (TPSA) is 49.7 Å². The molecule has 3 heteroatoms. The molecule has 2 atom stereocenters. The Kier molecular flexibility index (Phi) is 3.89. The summed E-state index contributed by atoms with van der Waals surface area (Å²) in [4.78, 5) is 0. The second-order valence-corrected chi connectivity index (χ2v) is 2.93. The lowest BCUT2D eigenvalue weighted by Gasteiger charge is -2.14. The molecule has 72 valence electrons. The van der Waals surface area contributed by atoms with Crippen LogP contribution in [0.15, 0.2) is 30.3 Å². The number of aliphatic hydroxyl groups excluding tert-OH is 2. The zero-order chi connectivity index (χ0) is 9.68. The van der Waals surface area contributed by atoms with Crippen molar-refractivity contribution in [1.29, 1.82) is 0 Å². The van der Waals surface area contributed by atoms with Crippen molar-refractivity contribution in [3.05, 3.63) is 35.9 Å². The first-order valence-electron chi connectivity index (χ1n) is 4.22. The summed E-state index contributed by atoms with van der Waals surface area (Å²) in [6.07, 6.45) is -1.97. The Morgan fingerprint density at radius 1 is 1.23 bits per heavy atom. The van der Waals surface area contributed by atoms with Gasteiger partial charge in [-0.15, -0.1) is 0 Å². The van der Waals surface area contributed by atoms with E-state index >= 15 is 0 Å². The van der Waals surface area contributed by atoms with Crippen LogP contribution in [0.2, 0.25) is 0 Å². The molecule has 0 fully saturated rings. The molecule has 1 rings (SSSR count). The normalized spacial score (nSPS) is 15.3. The van der Waals surface area contributed by atoms with Gasteiger partial charge in [-0.3, -0.25) is 0 Å². The SMILES string of the molecule is C[C@@H](O)[C@@H](O)OCc1ccccc1. The van der Waals surface area contributed by atoms with Gasteiger partial charge in [-0.1, -0.05) is 30.3 Å². The fourth-order valence-electron chi connectivity index (χ4n) is 0.895. The highest BCUT2D eigenvalue weighted by atomic mass is 16.6. The third-order valence-electron chi connectivity index (χ3n) is 1.68. The van der Waals surface area contributed by atoms with Crippen molar-refractivity contribution >= 4 is 0 Å². The lowest BCUT2D eigenvalue weighted by atomic mass is 10.2. The van der Waals surface area contributed by atoms with E-state index in [0.717, 1.165) is 5.56 Å². The largest absolute Gasteiger partial charge is 0.388 e. The standard InChI is InChI=1S/C10H14O3/c1-8(11)10(12)13-7-9-5-3-2-4-6-9/h2-6,8,10-12H,7H2,1H3/t8-,10+/m1/s1. The van der Waals surface area contributed by atoms with Gasteiger partial charge in [-0.05, 0) is 12.5 Å². The minimum Gasteiger partial charge on any atom is -0.388 e. The van der Waals surface area contributed by atoms with E-state index in [9.17, 15) is 0 Å². The number of hydrogen-bond donors (Lipinski definition) is 2. The molecule has 0 aromatic heterocycles. The van der Waals surface area contributed by atoms with E-state index in [0.29, 0.717) is 6.61 Å². The summed E-state index contributed by atoms with van der Waals surface area (Å²) in [6, 6.07) is 9.50. The van der Waals surface area contributed by atoms with Gasteiger partial charge in [-0.2, -0.15) is 0 Å². The fourth-order valence-corrected chi connectivity index (χ4v) is 0.895. The van der Waals surface area contributed by atoms with Crippen LogP contribution in [-0.4, -0.2) is 22.6 Å². The highest BCUT2D eigenvalue weighted by molar-refractivity contribution is 5.13. The van der Waals surface area contributed by atoms with Gasteiger partial charge in [0.15, 0.2) is 6.29 Å². The van der Waals surface area contributed by atoms with Crippen molar-refractivity contribution in [2.75, 3.05) is 0 Å². The van der Waals surface area contributed by atoms with Crippen LogP contribution in [0.3, 0.4) is 0 Å². The first-order valence-corrected chi connectivity index (χ1v) is 4.22. The van der Waals surface area contributed by atoms with Gasteiger partial charge < -0.3 is 14.9 Å². The Morgan fingerprint density at radius 2 is 1.85 bits per heavy atom. The molecular formula is C10H14O3. The zero-order valence-corrected chi connectivity index (χ0v) is 7.55.